The quantitative estimate of drug-likeness (QED) is 0.504. The van der Waals surface area contributed by atoms with Crippen molar-refractivity contribution in [3.05, 3.63) is 54.1 Å². The van der Waals surface area contributed by atoms with Gasteiger partial charge in [0.25, 0.3) is 5.91 Å². The first-order chi connectivity index (χ1) is 17.9. The van der Waals surface area contributed by atoms with Crippen LogP contribution in [0.15, 0.2) is 48.5 Å². The van der Waals surface area contributed by atoms with Crippen molar-refractivity contribution in [3.8, 4) is 11.5 Å². The van der Waals surface area contributed by atoms with Crippen molar-refractivity contribution in [2.24, 2.45) is 5.92 Å². The highest BCUT2D eigenvalue weighted by atomic mass is 16.5. The highest BCUT2D eigenvalue weighted by Crippen LogP contribution is 2.35. The fourth-order valence-corrected chi connectivity index (χ4v) is 5.89. The summed E-state index contributed by atoms with van der Waals surface area (Å²) in [6.45, 7) is 6.70. The lowest BCUT2D eigenvalue weighted by molar-refractivity contribution is -0.126. The lowest BCUT2D eigenvalue weighted by Gasteiger charge is -2.48. The summed E-state index contributed by atoms with van der Waals surface area (Å²) in [5.41, 5.74) is 0.138. The molecule has 7 nitrogen and oxygen atoms in total. The maximum absolute atomic E-state index is 14.0. The van der Waals surface area contributed by atoms with Crippen LogP contribution in [0.3, 0.4) is 0 Å². The highest BCUT2D eigenvalue weighted by Gasteiger charge is 2.44. The summed E-state index contributed by atoms with van der Waals surface area (Å²) < 4.78 is 10.8. The fourth-order valence-electron chi connectivity index (χ4n) is 5.89. The van der Waals surface area contributed by atoms with Crippen LogP contribution in [0.5, 0.6) is 11.5 Å². The first-order valence-electron chi connectivity index (χ1n) is 13.5. The van der Waals surface area contributed by atoms with E-state index in [1.54, 1.807) is 32.4 Å². The Balaban J connectivity index is 1.66. The number of nitrogens with zero attached hydrogens (tertiary/aromatic N) is 2. The van der Waals surface area contributed by atoms with Crippen LogP contribution in [-0.4, -0.2) is 67.0 Å². The van der Waals surface area contributed by atoms with Gasteiger partial charge in [0, 0.05) is 42.0 Å². The average Bonchev–Trinajstić information content (AvgIpc) is 2.95. The van der Waals surface area contributed by atoms with Crippen LogP contribution < -0.4 is 14.8 Å². The van der Waals surface area contributed by atoms with Gasteiger partial charge in [-0.05, 0) is 70.2 Å². The van der Waals surface area contributed by atoms with Gasteiger partial charge in [0.15, 0.2) is 0 Å². The zero-order chi connectivity index (χ0) is 26.4. The molecule has 2 aliphatic heterocycles. The second-order valence-corrected chi connectivity index (χ2v) is 10.5. The summed E-state index contributed by atoms with van der Waals surface area (Å²) in [4.78, 5) is 32.5. The van der Waals surface area contributed by atoms with E-state index in [2.05, 4.69) is 10.2 Å². The van der Waals surface area contributed by atoms with E-state index in [4.69, 9.17) is 9.47 Å². The van der Waals surface area contributed by atoms with Crippen molar-refractivity contribution >= 4 is 17.5 Å². The van der Waals surface area contributed by atoms with Crippen molar-refractivity contribution in [1.82, 2.24) is 9.80 Å². The van der Waals surface area contributed by atoms with E-state index in [0.717, 1.165) is 32.4 Å². The summed E-state index contributed by atoms with van der Waals surface area (Å²) in [5.74, 6) is 1.20. The second kappa shape index (κ2) is 12.0. The van der Waals surface area contributed by atoms with Gasteiger partial charge in [-0.15, -0.1) is 0 Å². The number of ether oxygens (including phenoxy) is 2. The topological polar surface area (TPSA) is 71.1 Å². The second-order valence-electron chi connectivity index (χ2n) is 10.5. The molecule has 4 rings (SSSR count). The number of methoxy groups -OCH3 is 2. The molecule has 2 saturated heterocycles. The van der Waals surface area contributed by atoms with E-state index >= 15 is 0 Å². The molecule has 7 heteroatoms. The molecule has 0 aliphatic carbocycles. The zero-order valence-corrected chi connectivity index (χ0v) is 22.7. The number of piperidine rings is 2. The molecule has 2 aromatic rings. The number of fused-ring (bicyclic) bond motifs is 1. The minimum Gasteiger partial charge on any atom is -0.497 e. The summed E-state index contributed by atoms with van der Waals surface area (Å²) in [6.07, 6.45) is 6.33. The number of hydrogen-bond donors (Lipinski definition) is 1. The molecule has 1 N–H and O–H groups in total. The SMILES string of the molecule is CC[C@](C)(C(=O)Nc1cc(OC)cc(OC)c1)N(C[C@@H]1CCCN2CCCC[C@@H]12)C(=O)c1ccccc1. The van der Waals surface area contributed by atoms with Crippen LogP contribution in [0, 0.1) is 5.92 Å². The Hall–Kier alpha value is -3.06. The maximum Gasteiger partial charge on any atom is 0.254 e. The third kappa shape index (κ3) is 5.93. The summed E-state index contributed by atoms with van der Waals surface area (Å²) >= 11 is 0. The molecule has 0 saturated carbocycles. The Labute approximate surface area is 221 Å². The Morgan fingerprint density at radius 2 is 1.68 bits per heavy atom. The molecule has 0 aromatic heterocycles. The van der Waals surface area contributed by atoms with Crippen molar-refractivity contribution < 1.29 is 19.1 Å². The molecule has 0 radical (unpaired) electrons. The fraction of sp³-hybridized carbons (Fsp3) is 0.533. The molecular formula is C30H41N3O4. The monoisotopic (exact) mass is 507 g/mol. The molecule has 0 bridgehead atoms. The number of anilines is 1. The van der Waals surface area contributed by atoms with Gasteiger partial charge in [-0.3, -0.25) is 9.59 Å². The summed E-state index contributed by atoms with van der Waals surface area (Å²) in [5, 5.41) is 3.06. The summed E-state index contributed by atoms with van der Waals surface area (Å²) in [7, 11) is 3.16. The Morgan fingerprint density at radius 1 is 1.00 bits per heavy atom. The van der Waals surface area contributed by atoms with Crippen LogP contribution in [-0.2, 0) is 4.79 Å². The number of carbonyl (C=O) groups excluding carboxylic acids is 2. The van der Waals surface area contributed by atoms with Crippen LogP contribution in [0.1, 0.15) is 62.7 Å². The predicted octanol–water partition coefficient (Wildman–Crippen LogP) is 5.22. The van der Waals surface area contributed by atoms with Crippen molar-refractivity contribution in [1.29, 1.82) is 0 Å². The third-order valence-electron chi connectivity index (χ3n) is 8.29. The Morgan fingerprint density at radius 3 is 2.32 bits per heavy atom. The molecule has 0 unspecified atom stereocenters. The van der Waals surface area contributed by atoms with Gasteiger partial charge in [-0.25, -0.2) is 0 Å². The minimum absolute atomic E-state index is 0.101. The third-order valence-corrected chi connectivity index (χ3v) is 8.29. The number of benzene rings is 2. The number of nitrogens with one attached hydrogen (secondary N) is 1. The maximum atomic E-state index is 14.0. The lowest BCUT2D eigenvalue weighted by atomic mass is 9.81. The van der Waals surface area contributed by atoms with Crippen LogP contribution >= 0.6 is 0 Å². The van der Waals surface area contributed by atoms with Gasteiger partial charge in [0.05, 0.1) is 14.2 Å². The normalized spacial score (nSPS) is 21.3. The first kappa shape index (κ1) is 27.0. The highest BCUT2D eigenvalue weighted by molar-refractivity contribution is 6.03. The average molecular weight is 508 g/mol. The standard InChI is InChI=1S/C30H41N3O4/c1-5-30(2,29(35)31-24-18-25(36-3)20-26(19-24)37-4)33(28(34)22-12-7-6-8-13-22)21-23-14-11-17-32-16-10-9-15-27(23)32/h6-8,12-13,18-20,23,27H,5,9-11,14-17,21H2,1-4H3,(H,31,35)/t23-,27-,30+/m0/s1. The van der Waals surface area contributed by atoms with Crippen LogP contribution in [0.4, 0.5) is 5.69 Å². The van der Waals surface area contributed by atoms with Gasteiger partial charge >= 0.3 is 0 Å². The van der Waals surface area contributed by atoms with Gasteiger partial charge in [-0.2, -0.15) is 0 Å². The van der Waals surface area contributed by atoms with Crippen LogP contribution in [0.2, 0.25) is 0 Å². The zero-order valence-electron chi connectivity index (χ0n) is 22.7. The molecular weight excluding hydrogens is 466 g/mol. The molecule has 3 atom stereocenters. The molecule has 2 fully saturated rings. The molecule has 2 aromatic carbocycles. The molecule has 2 aliphatic rings. The van der Waals surface area contributed by atoms with Gasteiger partial charge < -0.3 is 24.6 Å². The smallest absolute Gasteiger partial charge is 0.254 e. The van der Waals surface area contributed by atoms with Crippen LogP contribution in [0.25, 0.3) is 0 Å². The van der Waals surface area contributed by atoms with E-state index < -0.39 is 5.54 Å². The van der Waals surface area contributed by atoms with E-state index in [9.17, 15) is 9.59 Å². The molecule has 2 heterocycles. The molecule has 200 valence electrons. The van der Waals surface area contributed by atoms with Gasteiger partial charge in [-0.1, -0.05) is 31.5 Å². The summed E-state index contributed by atoms with van der Waals surface area (Å²) in [6, 6.07) is 15.1. The van der Waals surface area contributed by atoms with E-state index in [0.29, 0.717) is 47.7 Å². The van der Waals surface area contributed by atoms with Gasteiger partial charge in [0.1, 0.15) is 17.0 Å². The molecule has 0 spiro atoms. The lowest BCUT2D eigenvalue weighted by Crippen LogP contribution is -2.60. The van der Waals surface area contributed by atoms with Crippen molar-refractivity contribution in [2.45, 2.75) is 64.0 Å². The number of rotatable bonds is 9. The Kier molecular flexibility index (Phi) is 8.75. The van der Waals surface area contributed by atoms with Crippen molar-refractivity contribution in [3.63, 3.8) is 0 Å². The molecule has 37 heavy (non-hydrogen) atoms. The number of hydrogen-bond acceptors (Lipinski definition) is 5. The number of carbonyl (C=O) groups is 2. The predicted molar refractivity (Wildman–Crippen MR) is 146 cm³/mol. The first-order valence-corrected chi connectivity index (χ1v) is 13.5. The Bertz CT molecular complexity index is 1050. The van der Waals surface area contributed by atoms with E-state index in [1.165, 1.54) is 12.8 Å². The van der Waals surface area contributed by atoms with E-state index in [-0.39, 0.29) is 11.8 Å². The largest absolute Gasteiger partial charge is 0.497 e. The molecule has 2 amide bonds. The van der Waals surface area contributed by atoms with Gasteiger partial charge in [0.2, 0.25) is 5.91 Å². The minimum atomic E-state index is -1.04. The number of amides is 2. The van der Waals surface area contributed by atoms with E-state index in [1.807, 2.05) is 49.1 Å². The van der Waals surface area contributed by atoms with Crippen molar-refractivity contribution in [2.75, 3.05) is 39.2 Å².